The summed E-state index contributed by atoms with van der Waals surface area (Å²) in [4.78, 5) is 36.3. The zero-order valence-corrected chi connectivity index (χ0v) is 15.7. The molecule has 1 aromatic carbocycles. The maximum Gasteiger partial charge on any atom is 0.320 e. The molecule has 2 aromatic rings. The molecule has 0 N–H and O–H groups in total. The Morgan fingerprint density at radius 1 is 1.04 bits per heavy atom. The van der Waals surface area contributed by atoms with Crippen LogP contribution in [-0.4, -0.2) is 36.5 Å². The normalized spacial score (nSPS) is 10.7. The highest BCUT2D eigenvalue weighted by Crippen LogP contribution is 2.29. The first-order chi connectivity index (χ1) is 12.4. The second-order valence-corrected chi connectivity index (χ2v) is 6.17. The number of rotatable bonds is 7. The predicted molar refractivity (Wildman–Crippen MR) is 96.5 cm³/mol. The Labute approximate surface area is 160 Å². The van der Waals surface area contributed by atoms with Crippen LogP contribution in [0.1, 0.15) is 22.5 Å². The van der Waals surface area contributed by atoms with E-state index < -0.39 is 17.9 Å². The first-order valence-corrected chi connectivity index (χ1v) is 8.46. The lowest BCUT2D eigenvalue weighted by atomic mass is 10.1. The third kappa shape index (κ3) is 4.26. The highest BCUT2D eigenvalue weighted by molar-refractivity contribution is 6.42. The molecule has 1 aromatic heterocycles. The Morgan fingerprint density at radius 2 is 1.62 bits per heavy atom. The van der Waals surface area contributed by atoms with Crippen molar-refractivity contribution >= 4 is 40.9 Å². The van der Waals surface area contributed by atoms with Crippen LogP contribution in [0, 0.1) is 5.92 Å². The number of hydrogen-bond acceptors (Lipinski definition) is 5. The summed E-state index contributed by atoms with van der Waals surface area (Å²) in [5.74, 6) is -2.83. The van der Waals surface area contributed by atoms with Crippen molar-refractivity contribution < 1.29 is 23.9 Å². The van der Waals surface area contributed by atoms with Crippen LogP contribution in [0.25, 0.3) is 0 Å². The molecular formula is C18H17Cl2NO5. The Kier molecular flexibility index (Phi) is 6.83. The van der Waals surface area contributed by atoms with E-state index in [2.05, 4.69) is 9.47 Å². The lowest BCUT2D eigenvalue weighted by Gasteiger charge is -2.15. The number of esters is 2. The number of carbonyl (C=O) groups excluding carboxylic acids is 3. The molecule has 0 bridgehead atoms. The van der Waals surface area contributed by atoms with Gasteiger partial charge in [0.1, 0.15) is 5.15 Å². The van der Waals surface area contributed by atoms with Crippen molar-refractivity contribution in [2.45, 2.75) is 13.0 Å². The van der Waals surface area contributed by atoms with E-state index in [4.69, 9.17) is 23.2 Å². The molecule has 0 saturated carbocycles. The third-order valence-electron chi connectivity index (χ3n) is 3.87. The molecule has 0 amide bonds. The minimum absolute atomic E-state index is 0.0408. The van der Waals surface area contributed by atoms with Gasteiger partial charge in [0.15, 0.2) is 5.92 Å². The van der Waals surface area contributed by atoms with Crippen molar-refractivity contribution in [3.63, 3.8) is 0 Å². The highest BCUT2D eigenvalue weighted by atomic mass is 35.5. The molecule has 0 aliphatic carbocycles. The first-order valence-electron chi connectivity index (χ1n) is 7.70. The Balaban J connectivity index is 2.30. The van der Waals surface area contributed by atoms with Crippen LogP contribution in [-0.2, 0) is 25.6 Å². The largest absolute Gasteiger partial charge is 0.468 e. The summed E-state index contributed by atoms with van der Waals surface area (Å²) in [6.07, 6.45) is 0.0408. The molecule has 2 rings (SSSR count). The quantitative estimate of drug-likeness (QED) is 0.406. The van der Waals surface area contributed by atoms with Gasteiger partial charge in [0, 0.05) is 12.1 Å². The van der Waals surface area contributed by atoms with Gasteiger partial charge in [0.25, 0.3) is 0 Å². The number of carbonyl (C=O) groups is 3. The molecule has 0 aliphatic heterocycles. The fourth-order valence-electron chi connectivity index (χ4n) is 2.51. The average molecular weight is 398 g/mol. The van der Waals surface area contributed by atoms with Crippen LogP contribution >= 0.6 is 23.2 Å². The second-order valence-electron chi connectivity index (χ2n) is 5.40. The fourth-order valence-corrected chi connectivity index (χ4v) is 2.95. The highest BCUT2D eigenvalue weighted by Gasteiger charge is 2.29. The van der Waals surface area contributed by atoms with Gasteiger partial charge in [0.05, 0.1) is 24.9 Å². The average Bonchev–Trinajstić information content (AvgIpc) is 2.95. The van der Waals surface area contributed by atoms with E-state index >= 15 is 0 Å². The van der Waals surface area contributed by atoms with Gasteiger partial charge in [-0.25, -0.2) is 0 Å². The van der Waals surface area contributed by atoms with Crippen molar-refractivity contribution in [2.24, 2.45) is 5.92 Å². The van der Waals surface area contributed by atoms with Gasteiger partial charge in [-0.05, 0) is 12.5 Å². The maximum atomic E-state index is 12.7. The number of nitrogens with zero attached hydrogens (tertiary/aromatic N) is 1. The van der Waals surface area contributed by atoms with E-state index in [9.17, 15) is 14.4 Å². The number of ether oxygens (including phenoxy) is 2. The molecule has 0 unspecified atom stereocenters. The van der Waals surface area contributed by atoms with E-state index in [0.29, 0.717) is 5.56 Å². The smallest absolute Gasteiger partial charge is 0.320 e. The lowest BCUT2D eigenvalue weighted by molar-refractivity contribution is -0.159. The zero-order chi connectivity index (χ0) is 19.3. The van der Waals surface area contributed by atoms with Crippen LogP contribution in [0.4, 0.5) is 0 Å². The molecule has 138 valence electrons. The number of halogens is 2. The SMILES string of the molecule is COC(=O)C(CCn1c(C(=O)c2ccccc2)cc(Cl)c1Cl)C(=O)OC. The molecule has 0 spiro atoms. The molecule has 6 nitrogen and oxygen atoms in total. The fraction of sp³-hybridized carbons (Fsp3) is 0.278. The van der Waals surface area contributed by atoms with Crippen molar-refractivity contribution in [1.82, 2.24) is 4.57 Å². The van der Waals surface area contributed by atoms with Gasteiger partial charge in [-0.3, -0.25) is 14.4 Å². The van der Waals surface area contributed by atoms with E-state index in [0.717, 1.165) is 0 Å². The predicted octanol–water partition coefficient (Wildman–Crippen LogP) is 3.38. The number of hydrogen-bond donors (Lipinski definition) is 0. The molecule has 1 heterocycles. The minimum atomic E-state index is -1.12. The first kappa shape index (κ1) is 20.0. The number of methoxy groups -OCH3 is 2. The molecule has 0 aliphatic rings. The maximum absolute atomic E-state index is 12.7. The summed E-state index contributed by atoms with van der Waals surface area (Å²) in [5.41, 5.74) is 0.733. The van der Waals surface area contributed by atoms with E-state index in [1.165, 1.54) is 24.9 Å². The number of ketones is 1. The lowest BCUT2D eigenvalue weighted by Crippen LogP contribution is -2.28. The summed E-state index contributed by atoms with van der Waals surface area (Å²) in [5, 5.41) is 0.359. The number of aromatic nitrogens is 1. The molecule has 0 saturated heterocycles. The van der Waals surface area contributed by atoms with Crippen molar-refractivity contribution in [3.05, 3.63) is 57.8 Å². The summed E-state index contributed by atoms with van der Waals surface area (Å²) in [7, 11) is 2.37. The van der Waals surface area contributed by atoms with E-state index in [-0.39, 0.29) is 34.6 Å². The summed E-state index contributed by atoms with van der Waals surface area (Å²) >= 11 is 12.3. The van der Waals surface area contributed by atoms with Gasteiger partial charge >= 0.3 is 11.9 Å². The van der Waals surface area contributed by atoms with Crippen LogP contribution in [0.5, 0.6) is 0 Å². The molecule has 0 radical (unpaired) electrons. The Bertz CT molecular complexity index is 800. The summed E-state index contributed by atoms with van der Waals surface area (Å²) in [6, 6.07) is 10.1. The molecule has 26 heavy (non-hydrogen) atoms. The van der Waals surface area contributed by atoms with Crippen LogP contribution in [0.2, 0.25) is 10.2 Å². The van der Waals surface area contributed by atoms with Gasteiger partial charge in [-0.15, -0.1) is 0 Å². The van der Waals surface area contributed by atoms with Gasteiger partial charge in [-0.2, -0.15) is 0 Å². The third-order valence-corrected chi connectivity index (χ3v) is 4.66. The minimum Gasteiger partial charge on any atom is -0.468 e. The van der Waals surface area contributed by atoms with Crippen molar-refractivity contribution in [1.29, 1.82) is 0 Å². The van der Waals surface area contributed by atoms with Crippen molar-refractivity contribution in [2.75, 3.05) is 14.2 Å². The molecular weight excluding hydrogens is 381 g/mol. The Hall–Kier alpha value is -2.31. The van der Waals surface area contributed by atoms with Crippen LogP contribution in [0.3, 0.4) is 0 Å². The Morgan fingerprint density at radius 3 is 2.15 bits per heavy atom. The second kappa shape index (κ2) is 8.87. The zero-order valence-electron chi connectivity index (χ0n) is 14.2. The topological polar surface area (TPSA) is 74.6 Å². The monoisotopic (exact) mass is 397 g/mol. The van der Waals surface area contributed by atoms with Crippen LogP contribution in [0.15, 0.2) is 36.4 Å². The molecule has 8 heteroatoms. The molecule has 0 fully saturated rings. The van der Waals surface area contributed by atoms with Gasteiger partial charge < -0.3 is 14.0 Å². The van der Waals surface area contributed by atoms with Gasteiger partial charge in [-0.1, -0.05) is 53.5 Å². The number of benzene rings is 1. The summed E-state index contributed by atoms with van der Waals surface area (Å²) in [6.45, 7) is 0.105. The van der Waals surface area contributed by atoms with Gasteiger partial charge in [0.2, 0.25) is 5.78 Å². The van der Waals surface area contributed by atoms with Crippen molar-refractivity contribution in [3.8, 4) is 0 Å². The summed E-state index contributed by atoms with van der Waals surface area (Å²) < 4.78 is 10.7. The van der Waals surface area contributed by atoms with E-state index in [1.54, 1.807) is 30.3 Å². The standard InChI is InChI=1S/C18H17Cl2NO5/c1-25-17(23)12(18(24)26-2)8-9-21-14(10-13(19)16(21)20)15(22)11-6-4-3-5-7-11/h3-7,10,12H,8-9H2,1-2H3. The van der Waals surface area contributed by atoms with E-state index in [1.807, 2.05) is 0 Å². The molecule has 0 atom stereocenters. The van der Waals surface area contributed by atoms with Crippen LogP contribution < -0.4 is 0 Å².